The Kier molecular flexibility index (Phi) is 10.9. The number of amides is 2. The van der Waals surface area contributed by atoms with Gasteiger partial charge in [-0.15, -0.1) is 0 Å². The molecule has 0 N–H and O–H groups in total. The molecule has 2 rings (SSSR count). The van der Waals surface area contributed by atoms with Crippen molar-refractivity contribution in [3.8, 4) is 0 Å². The van der Waals surface area contributed by atoms with Crippen molar-refractivity contribution in [1.29, 1.82) is 0 Å². The summed E-state index contributed by atoms with van der Waals surface area (Å²) in [7, 11) is 0. The first kappa shape index (κ1) is 28.5. The second-order valence-electron chi connectivity index (χ2n) is 10.0. The van der Waals surface area contributed by atoms with Gasteiger partial charge in [0.25, 0.3) is 0 Å². The number of esters is 1. The summed E-state index contributed by atoms with van der Waals surface area (Å²) in [4.78, 5) is 48.6. The maximum absolute atomic E-state index is 12.0. The minimum absolute atomic E-state index is 0.0840. The number of hydrogen-bond acceptors (Lipinski definition) is 7. The van der Waals surface area contributed by atoms with Crippen LogP contribution < -0.4 is 0 Å². The Balaban J connectivity index is 0.000000346. The Morgan fingerprint density at radius 1 is 0.848 bits per heavy atom. The maximum Gasteiger partial charge on any atom is 0.410 e. The van der Waals surface area contributed by atoms with Gasteiger partial charge in [0, 0.05) is 19.2 Å². The highest BCUT2D eigenvalue weighted by Crippen LogP contribution is 2.22. The van der Waals surface area contributed by atoms with E-state index in [-0.39, 0.29) is 30.2 Å². The molecule has 9 heteroatoms. The summed E-state index contributed by atoms with van der Waals surface area (Å²) in [6, 6.07) is -0.371. The molecule has 2 amide bonds. The van der Waals surface area contributed by atoms with Crippen molar-refractivity contribution in [2.24, 2.45) is 0 Å². The molecule has 2 heterocycles. The fourth-order valence-electron chi connectivity index (χ4n) is 3.40. The van der Waals surface area contributed by atoms with Gasteiger partial charge in [-0.2, -0.15) is 0 Å². The summed E-state index contributed by atoms with van der Waals surface area (Å²) in [5.41, 5.74) is -0.998. The molecule has 0 unspecified atom stereocenters. The van der Waals surface area contributed by atoms with Crippen LogP contribution >= 0.6 is 0 Å². The van der Waals surface area contributed by atoms with E-state index in [0.717, 1.165) is 32.0 Å². The van der Waals surface area contributed by atoms with E-state index in [1.54, 1.807) is 17.9 Å². The van der Waals surface area contributed by atoms with Gasteiger partial charge in [-0.1, -0.05) is 6.08 Å². The van der Waals surface area contributed by atoms with E-state index in [1.165, 1.54) is 11.0 Å². The van der Waals surface area contributed by atoms with E-state index in [0.29, 0.717) is 19.7 Å². The number of carbonyl (C=O) groups excluding carboxylic acids is 4. The molecule has 2 saturated heterocycles. The molecule has 0 aromatic heterocycles. The lowest BCUT2D eigenvalue weighted by atomic mass is 10.2. The number of likely N-dealkylation sites (tertiary alicyclic amines) is 2. The van der Waals surface area contributed by atoms with Crippen LogP contribution in [0.5, 0.6) is 0 Å². The van der Waals surface area contributed by atoms with E-state index < -0.39 is 11.2 Å². The van der Waals surface area contributed by atoms with Crippen LogP contribution in [0, 0.1) is 0 Å². The predicted octanol–water partition coefficient (Wildman–Crippen LogP) is 4.09. The minimum atomic E-state index is -0.505. The van der Waals surface area contributed by atoms with Crippen LogP contribution in [0.1, 0.15) is 74.1 Å². The first-order chi connectivity index (χ1) is 15.3. The molecule has 2 atom stereocenters. The Hall–Kier alpha value is -2.58. The molecule has 0 aliphatic carbocycles. The smallest absolute Gasteiger partial charge is 0.410 e. The van der Waals surface area contributed by atoms with Gasteiger partial charge in [0.1, 0.15) is 17.5 Å². The van der Waals surface area contributed by atoms with E-state index >= 15 is 0 Å². The molecule has 0 saturated carbocycles. The topological polar surface area (TPSA) is 102 Å². The molecule has 188 valence electrons. The highest BCUT2D eigenvalue weighted by Gasteiger charge is 2.32. The molecule has 0 spiro atoms. The number of nitrogens with zero attached hydrogens (tertiary/aromatic N) is 2. The lowest BCUT2D eigenvalue weighted by molar-refractivity contribution is -0.137. The van der Waals surface area contributed by atoms with Crippen LogP contribution in [0.25, 0.3) is 0 Å². The molecule has 0 aromatic carbocycles. The van der Waals surface area contributed by atoms with Gasteiger partial charge in [-0.05, 0) is 74.1 Å². The first-order valence-electron chi connectivity index (χ1n) is 11.6. The number of aldehydes is 1. The standard InChI is InChI=1S/C14H23NO4.C10H17NO3/c1-5-18-12(16)9-8-11-7-6-10-15(11)13(17)19-14(2,3)4;1-10(2,3)14-9(13)11-6-4-5-8(11)7-12/h8-9,11H,5-7,10H2,1-4H3;7-8H,4-6H2,1-3H3/b9-8+;/t11-;8-/m00/s1. The quantitative estimate of drug-likeness (QED) is 0.265. The lowest BCUT2D eigenvalue weighted by Gasteiger charge is -2.27. The average Bonchev–Trinajstić information content (AvgIpc) is 3.33. The molecule has 33 heavy (non-hydrogen) atoms. The summed E-state index contributed by atoms with van der Waals surface area (Å²) in [5, 5.41) is 0. The number of hydrogen-bond donors (Lipinski definition) is 0. The summed E-state index contributed by atoms with van der Waals surface area (Å²) in [6.07, 6.45) is 6.59. The van der Waals surface area contributed by atoms with E-state index in [1.807, 2.05) is 41.5 Å². The van der Waals surface area contributed by atoms with Gasteiger partial charge in [-0.25, -0.2) is 14.4 Å². The van der Waals surface area contributed by atoms with Crippen LogP contribution in [0.15, 0.2) is 12.2 Å². The SMILES string of the molecule is CC(C)(C)OC(=O)N1CCC[C@H]1C=O.CCOC(=O)/C=C/[C@@H]1CCCN1C(=O)OC(C)(C)C. The second-order valence-corrected chi connectivity index (χ2v) is 10.0. The van der Waals surface area contributed by atoms with Gasteiger partial charge < -0.3 is 23.9 Å². The highest BCUT2D eigenvalue weighted by atomic mass is 16.6. The molecular weight excluding hydrogens is 428 g/mol. The monoisotopic (exact) mass is 468 g/mol. The Bertz CT molecular complexity index is 707. The number of carbonyl (C=O) groups is 4. The average molecular weight is 469 g/mol. The van der Waals surface area contributed by atoms with Crippen LogP contribution in [-0.2, 0) is 23.8 Å². The third kappa shape index (κ3) is 10.7. The largest absolute Gasteiger partial charge is 0.463 e. The third-order valence-electron chi connectivity index (χ3n) is 4.75. The van der Waals surface area contributed by atoms with Gasteiger partial charge >= 0.3 is 18.2 Å². The van der Waals surface area contributed by atoms with Crippen LogP contribution in [0.4, 0.5) is 9.59 Å². The van der Waals surface area contributed by atoms with Crippen LogP contribution in [0.2, 0.25) is 0 Å². The van der Waals surface area contributed by atoms with Crippen LogP contribution in [0.3, 0.4) is 0 Å². The Labute approximate surface area is 197 Å². The van der Waals surface area contributed by atoms with Crippen molar-refractivity contribution < 1.29 is 33.4 Å². The molecule has 0 bridgehead atoms. The van der Waals surface area contributed by atoms with Gasteiger partial charge in [0.05, 0.1) is 18.7 Å². The molecule has 2 aliphatic heterocycles. The predicted molar refractivity (Wildman–Crippen MR) is 124 cm³/mol. The van der Waals surface area contributed by atoms with Crippen molar-refractivity contribution in [3.05, 3.63) is 12.2 Å². The fourth-order valence-corrected chi connectivity index (χ4v) is 3.40. The Morgan fingerprint density at radius 2 is 1.30 bits per heavy atom. The molecule has 2 aliphatic rings. The third-order valence-corrected chi connectivity index (χ3v) is 4.75. The number of ether oxygens (including phenoxy) is 3. The number of rotatable bonds is 4. The first-order valence-corrected chi connectivity index (χ1v) is 11.6. The fraction of sp³-hybridized carbons (Fsp3) is 0.750. The van der Waals surface area contributed by atoms with E-state index in [4.69, 9.17) is 14.2 Å². The zero-order chi connectivity index (χ0) is 25.2. The molecule has 2 fully saturated rings. The normalized spacial score (nSPS) is 20.8. The highest BCUT2D eigenvalue weighted by molar-refractivity contribution is 5.82. The summed E-state index contributed by atoms with van der Waals surface area (Å²) in [6.45, 7) is 14.4. The summed E-state index contributed by atoms with van der Waals surface area (Å²) in [5.74, 6) is -0.376. The van der Waals surface area contributed by atoms with E-state index in [9.17, 15) is 19.2 Å². The van der Waals surface area contributed by atoms with Crippen molar-refractivity contribution in [3.63, 3.8) is 0 Å². The van der Waals surface area contributed by atoms with Crippen molar-refractivity contribution in [1.82, 2.24) is 9.80 Å². The Morgan fingerprint density at radius 3 is 1.73 bits per heavy atom. The van der Waals surface area contributed by atoms with Crippen molar-refractivity contribution in [2.45, 2.75) is 97.4 Å². The van der Waals surface area contributed by atoms with Crippen molar-refractivity contribution in [2.75, 3.05) is 19.7 Å². The van der Waals surface area contributed by atoms with Crippen molar-refractivity contribution >= 4 is 24.4 Å². The zero-order valence-corrected chi connectivity index (χ0v) is 21.1. The lowest BCUT2D eigenvalue weighted by Crippen LogP contribution is -2.40. The van der Waals surface area contributed by atoms with E-state index in [2.05, 4.69) is 0 Å². The molecule has 0 radical (unpaired) electrons. The summed E-state index contributed by atoms with van der Waals surface area (Å²) < 4.78 is 15.3. The molecular formula is C24H40N2O7. The molecule has 0 aromatic rings. The minimum Gasteiger partial charge on any atom is -0.463 e. The maximum atomic E-state index is 12.0. The zero-order valence-electron chi connectivity index (χ0n) is 21.1. The van der Waals surface area contributed by atoms with Gasteiger partial charge in [0.2, 0.25) is 0 Å². The van der Waals surface area contributed by atoms with Crippen LogP contribution in [-0.4, -0.2) is 77.2 Å². The summed E-state index contributed by atoms with van der Waals surface area (Å²) >= 11 is 0. The van der Waals surface area contributed by atoms with Gasteiger partial charge in [-0.3, -0.25) is 4.90 Å². The second kappa shape index (κ2) is 12.6. The van der Waals surface area contributed by atoms with Gasteiger partial charge in [0.15, 0.2) is 0 Å². The molecule has 9 nitrogen and oxygen atoms in total.